The van der Waals surface area contributed by atoms with Crippen molar-refractivity contribution in [2.24, 2.45) is 0 Å². The fourth-order valence-electron chi connectivity index (χ4n) is 15.8. The van der Waals surface area contributed by atoms with Crippen molar-refractivity contribution in [3.8, 4) is 33.4 Å². The molecule has 0 unspecified atom stereocenters. The Bertz CT molecular complexity index is 7760. The minimum atomic E-state index is -0.478. The molecule has 0 saturated heterocycles. The molecule has 5 N–H and O–H groups in total. The summed E-state index contributed by atoms with van der Waals surface area (Å²) in [7, 11) is 20.0. The van der Waals surface area contributed by atoms with Gasteiger partial charge in [0, 0.05) is 96.1 Å². The molecule has 0 atom stereocenters. The van der Waals surface area contributed by atoms with E-state index in [1.165, 1.54) is 135 Å². The van der Waals surface area contributed by atoms with E-state index < -0.39 is 20.7 Å². The third kappa shape index (κ3) is 30.2. The Kier molecular flexibility index (Phi) is 44.1. The summed E-state index contributed by atoms with van der Waals surface area (Å²) in [5, 5.41) is 58.0. The van der Waals surface area contributed by atoms with Gasteiger partial charge in [-0.05, 0) is 261 Å². The van der Waals surface area contributed by atoms with E-state index in [2.05, 4.69) is 360 Å². The molecule has 0 heterocycles. The zero-order valence-corrected chi connectivity index (χ0v) is 85.1. The maximum Gasteiger partial charge on any atom is 0.321 e. The molecule has 0 aromatic heterocycles. The monoisotopic (exact) mass is 2060 g/mol. The molecule has 0 fully saturated rings. The second kappa shape index (κ2) is 55.8. The van der Waals surface area contributed by atoms with Gasteiger partial charge in [0.15, 0.2) is 0 Å². The maximum atomic E-state index is 9.12. The van der Waals surface area contributed by atoms with Gasteiger partial charge in [0.05, 0.1) is 0 Å². The van der Waals surface area contributed by atoms with E-state index in [4.69, 9.17) is 96.3 Å². The van der Waals surface area contributed by atoms with Crippen molar-refractivity contribution >= 4 is 317 Å². The van der Waals surface area contributed by atoms with Crippen LogP contribution in [-0.2, 0) is 0 Å². The fourth-order valence-corrected chi connectivity index (χ4v) is 18.1. The molecule has 13 radical (unpaired) electrons. The first-order valence-corrected chi connectivity index (χ1v) is 48.3. The topological polar surface area (TPSA) is 92.2 Å². The van der Waals surface area contributed by atoms with E-state index in [9.17, 15) is 0 Å². The van der Waals surface area contributed by atoms with Crippen molar-refractivity contribution in [2.75, 3.05) is 0 Å². The Morgan fingerprint density at radius 1 is 0.252 bits per heavy atom. The summed E-state index contributed by atoms with van der Waals surface area (Å²) in [6.45, 7) is 5.81. The summed E-state index contributed by atoms with van der Waals surface area (Å²) in [5.74, 6) is 0. The SMILES string of the molecule is Brc1cc2ccccc2c2ccccc12.Brc1ccc2ccc3ccccc3c2c1.CB(O)c1ccc(Cl)cc1.CB(O)c1cccc(Cl)c1.CB(O)c1ccccc1Cl.C[B]c1cccc(Cl)c1.Clc1ccc(-c2cc3ccccc3c3ccccc23)cc1.Clc1cccc(-c2cc3ccccc3c3ccccc23)c1.Clc1ccccc1-c1cc2ccccc2c2ccccc12.O.[B].[B][B].[B][B][B]. The summed E-state index contributed by atoms with van der Waals surface area (Å²) in [5.41, 5.74) is 10.8. The lowest BCUT2D eigenvalue weighted by Crippen LogP contribution is -2.26. The lowest BCUT2D eigenvalue weighted by Gasteiger charge is -2.12. The molecular weight excluding hydrogens is 1970 g/mol. The molecule has 0 saturated carbocycles. The van der Waals surface area contributed by atoms with Crippen LogP contribution in [0.3, 0.4) is 0 Å². The molecule has 0 amide bonds. The molecule has 4 nitrogen and oxygen atoms in total. The second-order valence-corrected chi connectivity index (χ2v) is 36.3. The number of fused-ring (bicyclic) bond motifs is 15. The standard InChI is InChI=1S/3C20H13Cl.2C14H9Br.3C7H8BClO.C7H7BCl.B3.B2.B.H2O/c21-20-12-6-5-11-18(20)19-13-14-7-1-2-8-15(14)16-9-3-4-10-17(16)19;21-16-8-5-7-14(12-16)20-13-15-6-1-2-9-17(15)18-10-3-4-11-19(18)20;21-16-11-9-14(10-12-16)20-13-15-5-1-2-6-17(15)18-7-3-4-8-19(18)20;15-14-9-10-5-1-2-6-11(10)12-7-3-4-8-13(12)14;15-12-8-7-11-6-5-10-3-1-2-4-13(10)14(11)9-12;1-8(10)6-2-4-7(9)5-3-6;1-8(10)6-3-2-4-7(9)5-6;1-8(10)6-4-2-3-5-7(6)9;1-8-6-3-2-4-7(9)5-6;1-3-2;1-2;;/h3*1-13H;2*1-9H;3*2-5,10H,1H3;2-5H,1H3;;;;1H2. The van der Waals surface area contributed by atoms with Crippen LogP contribution in [0.25, 0.3) is 141 Å². The van der Waals surface area contributed by atoms with Crippen LogP contribution in [0.2, 0.25) is 62.5 Å². The third-order valence-corrected chi connectivity index (χ3v) is 25.4. The molecule has 22 rings (SSSR count). The molecule has 22 aromatic rings. The van der Waals surface area contributed by atoms with Gasteiger partial charge in [-0.2, -0.15) is 0 Å². The first-order chi connectivity index (χ1) is 66.6. The van der Waals surface area contributed by atoms with Crippen molar-refractivity contribution in [3.63, 3.8) is 0 Å². The quantitative estimate of drug-likeness (QED) is 0.110. The molecule has 671 valence electrons. The predicted octanol–water partition coefficient (Wildman–Crippen LogP) is 30.5. The van der Waals surface area contributed by atoms with Crippen LogP contribution in [-0.4, -0.2) is 95.0 Å². The van der Waals surface area contributed by atoms with Gasteiger partial charge in [0.25, 0.3) is 0 Å². The summed E-state index contributed by atoms with van der Waals surface area (Å²) in [6.07, 6.45) is 0. The molecule has 22 aromatic carbocycles. The summed E-state index contributed by atoms with van der Waals surface area (Å²) < 4.78 is 2.29. The van der Waals surface area contributed by atoms with Crippen LogP contribution in [0.4, 0.5) is 0 Å². The fraction of sp³-hybridized carbons (Fsp3) is 0.0345. The molecule has 0 aliphatic heterocycles. The number of hydrogen-bond acceptors (Lipinski definition) is 3. The Balaban J connectivity index is 0.000000163. The number of hydrogen-bond donors (Lipinski definition) is 3. The van der Waals surface area contributed by atoms with E-state index in [-0.39, 0.29) is 13.9 Å². The molecule has 139 heavy (non-hydrogen) atoms. The van der Waals surface area contributed by atoms with Crippen LogP contribution in [0.5, 0.6) is 0 Å². The van der Waals surface area contributed by atoms with Gasteiger partial charge >= 0.3 is 20.7 Å². The van der Waals surface area contributed by atoms with E-state index in [1.807, 2.05) is 129 Å². The highest BCUT2D eigenvalue weighted by atomic mass is 79.9. The average molecular weight is 2060 g/mol. The van der Waals surface area contributed by atoms with Gasteiger partial charge in [-0.15, -0.1) is 0 Å². The van der Waals surface area contributed by atoms with Gasteiger partial charge in [-0.1, -0.05) is 479 Å². The van der Waals surface area contributed by atoms with Crippen molar-refractivity contribution in [1.82, 2.24) is 0 Å². The highest BCUT2D eigenvalue weighted by Crippen LogP contribution is 2.41. The highest BCUT2D eigenvalue weighted by molar-refractivity contribution is 9.11. The minimum absolute atomic E-state index is 0. The van der Waals surface area contributed by atoms with Gasteiger partial charge in [0.1, 0.15) is 7.28 Å². The molecule has 0 bridgehead atoms. The zero-order valence-electron chi connectivity index (χ0n) is 76.7. The summed E-state index contributed by atoms with van der Waals surface area (Å²) in [6, 6.07) is 150. The Hall–Kier alpha value is -11.1. The van der Waals surface area contributed by atoms with Gasteiger partial charge in [0.2, 0.25) is 0 Å². The van der Waals surface area contributed by atoms with E-state index in [0.717, 1.165) is 63.6 Å². The van der Waals surface area contributed by atoms with E-state index in [1.54, 1.807) is 50.8 Å². The molecule has 0 aliphatic carbocycles. The molecule has 0 spiro atoms. The van der Waals surface area contributed by atoms with Crippen molar-refractivity contribution < 1.29 is 20.5 Å². The lowest BCUT2D eigenvalue weighted by atomic mass is 9.40. The van der Waals surface area contributed by atoms with Crippen molar-refractivity contribution in [3.05, 3.63) is 487 Å². The van der Waals surface area contributed by atoms with Crippen molar-refractivity contribution in [2.45, 2.75) is 27.3 Å². The largest absolute Gasteiger partial charge is 0.447 e. The number of benzene rings is 22. The molecular formula is C116H90B10Br2Cl7O4. The van der Waals surface area contributed by atoms with Crippen LogP contribution in [0.1, 0.15) is 0 Å². The Morgan fingerprint density at radius 3 is 1.01 bits per heavy atom. The second-order valence-electron chi connectivity index (χ2n) is 31.5. The van der Waals surface area contributed by atoms with Gasteiger partial charge < -0.3 is 20.5 Å². The first-order valence-electron chi connectivity index (χ1n) is 44.1. The third-order valence-electron chi connectivity index (χ3n) is 22.4. The Morgan fingerprint density at radius 2 is 0.590 bits per heavy atom. The molecule has 23 heteroatoms. The smallest absolute Gasteiger partial charge is 0.321 e. The predicted molar refractivity (Wildman–Crippen MR) is 630 cm³/mol. The minimum Gasteiger partial charge on any atom is -0.447 e. The maximum absolute atomic E-state index is 9.12. The van der Waals surface area contributed by atoms with E-state index >= 15 is 0 Å². The van der Waals surface area contributed by atoms with Crippen molar-refractivity contribution in [1.29, 1.82) is 0 Å². The first kappa shape index (κ1) is 110. The van der Waals surface area contributed by atoms with Crippen LogP contribution >= 0.6 is 113 Å². The lowest BCUT2D eigenvalue weighted by molar-refractivity contribution is 0.593. The van der Waals surface area contributed by atoms with Gasteiger partial charge in [-0.25, -0.2) is 0 Å². The normalized spacial score (nSPS) is 10.2. The number of halogens is 9. The number of rotatable bonds is 7. The Labute approximate surface area is 877 Å². The van der Waals surface area contributed by atoms with Crippen LogP contribution < -0.4 is 21.9 Å². The highest BCUT2D eigenvalue weighted by Gasteiger charge is 2.16. The zero-order chi connectivity index (χ0) is 97.3. The average Bonchev–Trinajstić information content (AvgIpc) is 0.771. The van der Waals surface area contributed by atoms with Crippen LogP contribution in [0, 0.1) is 0 Å². The van der Waals surface area contributed by atoms with E-state index in [0.29, 0.717) is 15.1 Å². The summed E-state index contributed by atoms with van der Waals surface area (Å²) in [4.78, 5) is 0. The van der Waals surface area contributed by atoms with Gasteiger partial charge in [-0.3, -0.25) is 0 Å². The molecule has 0 aliphatic rings. The van der Waals surface area contributed by atoms with Crippen LogP contribution in [0.15, 0.2) is 452 Å². The summed E-state index contributed by atoms with van der Waals surface area (Å²) >= 11 is 48.5.